The van der Waals surface area contributed by atoms with Crippen LogP contribution in [0.1, 0.15) is 34.7 Å². The van der Waals surface area contributed by atoms with E-state index in [2.05, 4.69) is 10.4 Å². The summed E-state index contributed by atoms with van der Waals surface area (Å²) in [6.07, 6.45) is 2.55. The summed E-state index contributed by atoms with van der Waals surface area (Å²) < 4.78 is 33.2. The van der Waals surface area contributed by atoms with Gasteiger partial charge < -0.3 is 14.8 Å². The smallest absolute Gasteiger partial charge is 0.371 e. The molecule has 0 aromatic carbocycles. The predicted octanol–water partition coefficient (Wildman–Crippen LogP) is 0.489. The molecule has 1 amide bonds. The Morgan fingerprint density at radius 2 is 2.15 bits per heavy atom. The van der Waals surface area contributed by atoms with Gasteiger partial charge in [-0.05, 0) is 31.9 Å². The number of aromatic carboxylic acids is 1. The average molecular weight is 396 g/mol. The molecular formula is C16H20N4O6S. The van der Waals surface area contributed by atoms with E-state index in [-0.39, 0.29) is 13.1 Å². The van der Waals surface area contributed by atoms with Crippen LogP contribution < -0.4 is 5.32 Å². The van der Waals surface area contributed by atoms with Gasteiger partial charge in [-0.15, -0.1) is 0 Å². The maximum atomic E-state index is 12.8. The highest BCUT2D eigenvalue weighted by molar-refractivity contribution is 7.89. The Hall–Kier alpha value is -2.66. The van der Waals surface area contributed by atoms with Crippen LogP contribution in [0.2, 0.25) is 0 Å². The SMILES string of the molecule is Cc1c(CNC(=O)C2CCCN2S(=O)(=O)c2ccc(C(=O)O)o2)cnn1C. The number of hydrogen-bond acceptors (Lipinski definition) is 6. The summed E-state index contributed by atoms with van der Waals surface area (Å²) in [7, 11) is -2.31. The number of furan rings is 1. The molecular weight excluding hydrogens is 376 g/mol. The first-order chi connectivity index (χ1) is 12.7. The molecule has 11 heteroatoms. The fourth-order valence-corrected chi connectivity index (χ4v) is 4.57. The summed E-state index contributed by atoms with van der Waals surface area (Å²) in [4.78, 5) is 23.5. The van der Waals surface area contributed by atoms with Crippen molar-refractivity contribution in [3.63, 3.8) is 0 Å². The second kappa shape index (κ2) is 7.16. The highest BCUT2D eigenvalue weighted by atomic mass is 32.2. The van der Waals surface area contributed by atoms with Crippen molar-refractivity contribution in [2.24, 2.45) is 7.05 Å². The van der Waals surface area contributed by atoms with Gasteiger partial charge in [0, 0.05) is 31.4 Å². The first-order valence-electron chi connectivity index (χ1n) is 8.32. The van der Waals surface area contributed by atoms with E-state index in [4.69, 9.17) is 9.52 Å². The lowest BCUT2D eigenvalue weighted by molar-refractivity contribution is -0.124. The van der Waals surface area contributed by atoms with Crippen molar-refractivity contribution in [3.8, 4) is 0 Å². The summed E-state index contributed by atoms with van der Waals surface area (Å²) in [5, 5.41) is 15.3. The molecule has 1 saturated heterocycles. The van der Waals surface area contributed by atoms with Crippen molar-refractivity contribution >= 4 is 21.9 Å². The van der Waals surface area contributed by atoms with Crippen LogP contribution in [0.25, 0.3) is 0 Å². The van der Waals surface area contributed by atoms with Crippen LogP contribution in [-0.2, 0) is 28.4 Å². The number of amides is 1. The molecule has 1 aliphatic heterocycles. The lowest BCUT2D eigenvalue weighted by Gasteiger charge is -2.22. The van der Waals surface area contributed by atoms with Crippen molar-refractivity contribution < 1.29 is 27.5 Å². The fraction of sp³-hybridized carbons (Fsp3) is 0.438. The van der Waals surface area contributed by atoms with E-state index in [1.165, 1.54) is 0 Å². The van der Waals surface area contributed by atoms with Crippen molar-refractivity contribution in [3.05, 3.63) is 35.3 Å². The van der Waals surface area contributed by atoms with Crippen molar-refractivity contribution in [1.82, 2.24) is 19.4 Å². The first kappa shape index (κ1) is 19.1. The Morgan fingerprint density at radius 1 is 1.41 bits per heavy atom. The molecule has 27 heavy (non-hydrogen) atoms. The van der Waals surface area contributed by atoms with E-state index < -0.39 is 38.8 Å². The standard InChI is InChI=1S/C16H20N4O6S/c1-10-11(9-18-19(10)2)8-17-15(21)12-4-3-7-20(12)27(24,25)14-6-5-13(26-14)16(22)23/h5-6,9,12H,3-4,7-8H2,1-2H3,(H,17,21)(H,22,23). The van der Waals surface area contributed by atoms with E-state index in [0.717, 1.165) is 27.7 Å². The van der Waals surface area contributed by atoms with Gasteiger partial charge in [-0.3, -0.25) is 9.48 Å². The third-order valence-corrected chi connectivity index (χ3v) is 6.43. The van der Waals surface area contributed by atoms with Crippen LogP contribution in [0, 0.1) is 6.92 Å². The zero-order valence-electron chi connectivity index (χ0n) is 14.9. The number of nitrogens with one attached hydrogen (secondary N) is 1. The molecule has 0 spiro atoms. The number of carbonyl (C=O) groups is 2. The summed E-state index contributed by atoms with van der Waals surface area (Å²) in [6.45, 7) is 2.28. The first-order valence-corrected chi connectivity index (χ1v) is 9.76. The molecule has 2 aromatic heterocycles. The highest BCUT2D eigenvalue weighted by Gasteiger charge is 2.41. The van der Waals surface area contributed by atoms with E-state index >= 15 is 0 Å². The summed E-state index contributed by atoms with van der Waals surface area (Å²) >= 11 is 0. The third-order valence-electron chi connectivity index (χ3n) is 4.65. The number of aromatic nitrogens is 2. The molecule has 1 fully saturated rings. The van der Waals surface area contributed by atoms with Gasteiger partial charge in [-0.2, -0.15) is 9.40 Å². The Bertz CT molecular complexity index is 977. The zero-order chi connectivity index (χ0) is 19.8. The number of nitrogens with zero attached hydrogens (tertiary/aromatic N) is 3. The molecule has 0 aliphatic carbocycles. The number of carbonyl (C=O) groups excluding carboxylic acids is 1. The predicted molar refractivity (Wildman–Crippen MR) is 92.4 cm³/mol. The van der Waals surface area contributed by atoms with Gasteiger partial charge in [0.2, 0.25) is 16.8 Å². The van der Waals surface area contributed by atoms with Gasteiger partial charge >= 0.3 is 5.97 Å². The fourth-order valence-electron chi connectivity index (χ4n) is 3.00. The highest BCUT2D eigenvalue weighted by Crippen LogP contribution is 2.27. The molecule has 3 rings (SSSR count). The van der Waals surface area contributed by atoms with Crippen LogP contribution >= 0.6 is 0 Å². The van der Waals surface area contributed by atoms with Crippen LogP contribution in [-0.4, -0.2) is 52.1 Å². The minimum absolute atomic E-state index is 0.162. The Balaban J connectivity index is 1.74. The minimum Gasteiger partial charge on any atom is -0.475 e. The lowest BCUT2D eigenvalue weighted by atomic mass is 10.2. The van der Waals surface area contributed by atoms with Crippen LogP contribution in [0.15, 0.2) is 27.8 Å². The molecule has 0 saturated carbocycles. The summed E-state index contributed by atoms with van der Waals surface area (Å²) in [6, 6.07) is 1.29. The lowest BCUT2D eigenvalue weighted by Crippen LogP contribution is -2.45. The number of aryl methyl sites for hydroxylation is 1. The normalized spacial score (nSPS) is 17.9. The molecule has 0 radical (unpaired) electrons. The quantitative estimate of drug-likeness (QED) is 0.725. The van der Waals surface area contributed by atoms with Gasteiger partial charge in [0.1, 0.15) is 6.04 Å². The van der Waals surface area contributed by atoms with Gasteiger partial charge in [-0.25, -0.2) is 13.2 Å². The zero-order valence-corrected chi connectivity index (χ0v) is 15.7. The van der Waals surface area contributed by atoms with Crippen LogP contribution in [0.4, 0.5) is 0 Å². The average Bonchev–Trinajstić information content (AvgIpc) is 3.34. The molecule has 10 nitrogen and oxygen atoms in total. The molecule has 1 aliphatic rings. The van der Waals surface area contributed by atoms with E-state index in [1.807, 2.05) is 6.92 Å². The number of carboxylic acids is 1. The van der Waals surface area contributed by atoms with Gasteiger partial charge in [0.15, 0.2) is 0 Å². The van der Waals surface area contributed by atoms with Gasteiger partial charge in [0.25, 0.3) is 10.0 Å². The molecule has 1 unspecified atom stereocenters. The van der Waals surface area contributed by atoms with Crippen molar-refractivity contribution in [1.29, 1.82) is 0 Å². The molecule has 0 bridgehead atoms. The maximum Gasteiger partial charge on any atom is 0.371 e. The van der Waals surface area contributed by atoms with Crippen LogP contribution in [0.5, 0.6) is 0 Å². The second-order valence-electron chi connectivity index (χ2n) is 6.29. The number of hydrogen-bond donors (Lipinski definition) is 2. The Labute approximate surface area is 155 Å². The van der Waals surface area contributed by atoms with Gasteiger partial charge in [-0.1, -0.05) is 0 Å². The van der Waals surface area contributed by atoms with E-state index in [1.54, 1.807) is 17.9 Å². The number of carboxylic acid groups (broad SMARTS) is 1. The molecule has 2 aromatic rings. The third kappa shape index (κ3) is 3.60. The van der Waals surface area contributed by atoms with E-state index in [9.17, 15) is 18.0 Å². The minimum atomic E-state index is -4.11. The summed E-state index contributed by atoms with van der Waals surface area (Å²) in [5.74, 6) is -2.25. The summed E-state index contributed by atoms with van der Waals surface area (Å²) in [5.41, 5.74) is 1.75. The Morgan fingerprint density at radius 3 is 2.74 bits per heavy atom. The monoisotopic (exact) mass is 396 g/mol. The second-order valence-corrected chi connectivity index (χ2v) is 8.12. The largest absolute Gasteiger partial charge is 0.475 e. The number of sulfonamides is 1. The molecule has 146 valence electrons. The molecule has 3 heterocycles. The van der Waals surface area contributed by atoms with Gasteiger partial charge in [0.05, 0.1) is 6.20 Å². The van der Waals surface area contributed by atoms with E-state index in [0.29, 0.717) is 12.8 Å². The van der Waals surface area contributed by atoms with Crippen molar-refractivity contribution in [2.75, 3.05) is 6.54 Å². The maximum absolute atomic E-state index is 12.8. The molecule has 1 atom stereocenters. The number of rotatable bonds is 6. The van der Waals surface area contributed by atoms with Crippen LogP contribution in [0.3, 0.4) is 0 Å². The topological polar surface area (TPSA) is 135 Å². The Kier molecular flexibility index (Phi) is 5.07. The van der Waals surface area contributed by atoms with Crippen molar-refractivity contribution in [2.45, 2.75) is 37.4 Å². The molecule has 2 N–H and O–H groups in total.